The van der Waals surface area contributed by atoms with Crippen molar-refractivity contribution in [2.45, 2.75) is 0 Å². The number of hydrogen-bond donors (Lipinski definition) is 2. The number of esters is 1. The lowest BCUT2D eigenvalue weighted by atomic mass is 10.4. The van der Waals surface area contributed by atoms with Gasteiger partial charge in [-0.2, -0.15) is 0 Å². The number of anilines is 2. The van der Waals surface area contributed by atoms with Gasteiger partial charge in [0.05, 0.1) is 7.11 Å². The molecular formula is C6H8Cl2N4O2. The van der Waals surface area contributed by atoms with E-state index in [1.165, 1.54) is 7.11 Å². The fourth-order valence-electron chi connectivity index (χ4n) is 0.688. The molecule has 0 aliphatic rings. The largest absolute Gasteiger partial charge is 0.464 e. The average molecular weight is 239 g/mol. The summed E-state index contributed by atoms with van der Waals surface area (Å²) in [7, 11) is 1.20. The quantitative estimate of drug-likeness (QED) is 0.691. The van der Waals surface area contributed by atoms with E-state index in [1.807, 2.05) is 0 Å². The Balaban J connectivity index is 0.00000169. The summed E-state index contributed by atoms with van der Waals surface area (Å²) in [5.74, 6) is -0.826. The van der Waals surface area contributed by atoms with Gasteiger partial charge >= 0.3 is 5.97 Å². The highest BCUT2D eigenvalue weighted by Gasteiger charge is 2.15. The molecular weight excluding hydrogens is 231 g/mol. The summed E-state index contributed by atoms with van der Waals surface area (Å²) in [5.41, 5.74) is 10.5. The lowest BCUT2D eigenvalue weighted by Gasteiger charge is -2.03. The number of hydrogen-bond acceptors (Lipinski definition) is 6. The maximum Gasteiger partial charge on any atom is 0.360 e. The van der Waals surface area contributed by atoms with Gasteiger partial charge in [-0.15, -0.1) is 12.4 Å². The first kappa shape index (κ1) is 12.7. The minimum absolute atomic E-state index is 0. The van der Waals surface area contributed by atoms with E-state index < -0.39 is 5.97 Å². The molecule has 0 aromatic carbocycles. The number of ether oxygens (including phenoxy) is 1. The summed E-state index contributed by atoms with van der Waals surface area (Å²) >= 11 is 5.52. The summed E-state index contributed by atoms with van der Waals surface area (Å²) in [6.07, 6.45) is 0. The molecule has 0 bridgehead atoms. The summed E-state index contributed by atoms with van der Waals surface area (Å²) < 4.78 is 4.39. The third kappa shape index (κ3) is 2.36. The van der Waals surface area contributed by atoms with E-state index in [-0.39, 0.29) is 34.9 Å². The van der Waals surface area contributed by atoms with Crippen LogP contribution in [0.2, 0.25) is 5.15 Å². The van der Waals surface area contributed by atoms with Crippen molar-refractivity contribution in [1.82, 2.24) is 9.97 Å². The van der Waals surface area contributed by atoms with Gasteiger partial charge in [-0.25, -0.2) is 14.8 Å². The van der Waals surface area contributed by atoms with Crippen molar-refractivity contribution in [3.8, 4) is 0 Å². The molecule has 4 N–H and O–H groups in total. The average Bonchev–Trinajstić information content (AvgIpc) is 2.10. The zero-order valence-electron chi connectivity index (χ0n) is 7.15. The standard InChI is InChI=1S/C6H7ClN4O2.ClH/c1-13-6(12)2-4(8)11-5(9)3(7)10-2;/h1H3,(H4,8,9,11);1H. The van der Waals surface area contributed by atoms with Gasteiger partial charge < -0.3 is 16.2 Å². The molecule has 78 valence electrons. The van der Waals surface area contributed by atoms with Crippen LogP contribution in [0.3, 0.4) is 0 Å². The van der Waals surface area contributed by atoms with Crippen LogP contribution in [0.5, 0.6) is 0 Å². The predicted octanol–water partition coefficient (Wildman–Crippen LogP) is 0.503. The fourth-order valence-corrected chi connectivity index (χ4v) is 0.815. The third-order valence-electron chi connectivity index (χ3n) is 1.28. The molecule has 8 heteroatoms. The second kappa shape index (κ2) is 4.83. The van der Waals surface area contributed by atoms with Crippen molar-refractivity contribution in [3.63, 3.8) is 0 Å². The van der Waals surface area contributed by atoms with Crippen LogP contribution in [-0.4, -0.2) is 23.0 Å². The van der Waals surface area contributed by atoms with Crippen LogP contribution in [-0.2, 0) is 4.74 Å². The first-order valence-corrected chi connectivity index (χ1v) is 3.61. The Morgan fingerprint density at radius 1 is 1.36 bits per heavy atom. The van der Waals surface area contributed by atoms with Gasteiger partial charge in [0.2, 0.25) is 0 Å². The Bertz CT molecular complexity index is 358. The molecule has 0 fully saturated rings. The van der Waals surface area contributed by atoms with Gasteiger partial charge in [-0.1, -0.05) is 11.6 Å². The second-order valence-electron chi connectivity index (χ2n) is 2.13. The molecule has 14 heavy (non-hydrogen) atoms. The zero-order chi connectivity index (χ0) is 10.0. The molecule has 0 amide bonds. The van der Waals surface area contributed by atoms with Gasteiger partial charge in [0.15, 0.2) is 22.5 Å². The highest BCUT2D eigenvalue weighted by Crippen LogP contribution is 2.17. The number of carbonyl (C=O) groups is 1. The molecule has 0 saturated heterocycles. The van der Waals surface area contributed by atoms with E-state index in [4.69, 9.17) is 23.1 Å². The highest BCUT2D eigenvalue weighted by molar-refractivity contribution is 6.31. The number of carbonyl (C=O) groups excluding carboxylic acids is 1. The molecule has 0 aliphatic carbocycles. The Hall–Kier alpha value is -1.27. The van der Waals surface area contributed by atoms with Crippen molar-refractivity contribution < 1.29 is 9.53 Å². The molecule has 1 heterocycles. The maximum absolute atomic E-state index is 11.0. The Morgan fingerprint density at radius 2 is 1.93 bits per heavy atom. The lowest BCUT2D eigenvalue weighted by Crippen LogP contribution is -2.11. The first-order valence-electron chi connectivity index (χ1n) is 3.23. The monoisotopic (exact) mass is 238 g/mol. The maximum atomic E-state index is 11.0. The van der Waals surface area contributed by atoms with Crippen molar-refractivity contribution >= 4 is 41.6 Å². The third-order valence-corrected chi connectivity index (χ3v) is 1.56. The van der Waals surface area contributed by atoms with Gasteiger partial charge in [0, 0.05) is 0 Å². The van der Waals surface area contributed by atoms with Gasteiger partial charge in [-0.05, 0) is 0 Å². The SMILES string of the molecule is COC(=O)c1nc(Cl)c(N)nc1N.Cl. The van der Waals surface area contributed by atoms with E-state index in [0.717, 1.165) is 0 Å². The lowest BCUT2D eigenvalue weighted by molar-refractivity contribution is 0.0595. The van der Waals surface area contributed by atoms with Crippen LogP contribution in [0.15, 0.2) is 0 Å². The predicted molar refractivity (Wildman–Crippen MR) is 54.5 cm³/mol. The molecule has 0 atom stereocenters. The van der Waals surface area contributed by atoms with Crippen LogP contribution in [0.1, 0.15) is 10.5 Å². The molecule has 1 rings (SSSR count). The Labute approximate surface area is 91.0 Å². The van der Waals surface area contributed by atoms with E-state index >= 15 is 0 Å². The van der Waals surface area contributed by atoms with Crippen LogP contribution < -0.4 is 11.5 Å². The molecule has 0 radical (unpaired) electrons. The smallest absolute Gasteiger partial charge is 0.360 e. The number of aromatic nitrogens is 2. The highest BCUT2D eigenvalue weighted by atomic mass is 35.5. The van der Waals surface area contributed by atoms with Crippen molar-refractivity contribution in [2.75, 3.05) is 18.6 Å². The number of methoxy groups -OCH3 is 1. The van der Waals surface area contributed by atoms with Crippen LogP contribution in [0.4, 0.5) is 11.6 Å². The molecule has 6 nitrogen and oxygen atoms in total. The van der Waals surface area contributed by atoms with Gasteiger partial charge in [0.1, 0.15) is 0 Å². The molecule has 0 unspecified atom stereocenters. The molecule has 1 aromatic rings. The van der Waals surface area contributed by atoms with Crippen LogP contribution in [0.25, 0.3) is 0 Å². The Kier molecular flexibility index (Phi) is 4.39. The van der Waals surface area contributed by atoms with Crippen LogP contribution in [0, 0.1) is 0 Å². The second-order valence-corrected chi connectivity index (χ2v) is 2.48. The topological polar surface area (TPSA) is 104 Å². The van der Waals surface area contributed by atoms with E-state index in [9.17, 15) is 4.79 Å². The number of nitrogen functional groups attached to an aromatic ring is 2. The first-order chi connectivity index (χ1) is 6.06. The summed E-state index contributed by atoms with van der Waals surface area (Å²) in [6.45, 7) is 0. The zero-order valence-corrected chi connectivity index (χ0v) is 8.72. The molecule has 0 aliphatic heterocycles. The fraction of sp³-hybridized carbons (Fsp3) is 0.167. The summed E-state index contributed by atoms with van der Waals surface area (Å²) in [4.78, 5) is 18.2. The number of nitrogens with two attached hydrogens (primary N) is 2. The van der Waals surface area contributed by atoms with Gasteiger partial charge in [-0.3, -0.25) is 0 Å². The number of rotatable bonds is 1. The van der Waals surface area contributed by atoms with Crippen molar-refractivity contribution in [2.24, 2.45) is 0 Å². The van der Waals surface area contributed by atoms with E-state index in [1.54, 1.807) is 0 Å². The summed E-state index contributed by atoms with van der Waals surface area (Å²) in [6, 6.07) is 0. The minimum atomic E-state index is -0.702. The normalized spacial score (nSPS) is 9.00. The van der Waals surface area contributed by atoms with E-state index in [2.05, 4.69) is 14.7 Å². The van der Waals surface area contributed by atoms with Crippen LogP contribution >= 0.6 is 24.0 Å². The van der Waals surface area contributed by atoms with Crippen molar-refractivity contribution in [1.29, 1.82) is 0 Å². The number of nitrogens with zero attached hydrogens (tertiary/aromatic N) is 2. The summed E-state index contributed by atoms with van der Waals surface area (Å²) in [5, 5.41) is -0.0744. The molecule has 0 spiro atoms. The van der Waals surface area contributed by atoms with Crippen molar-refractivity contribution in [3.05, 3.63) is 10.8 Å². The molecule has 1 aromatic heterocycles. The van der Waals surface area contributed by atoms with E-state index in [0.29, 0.717) is 0 Å². The Morgan fingerprint density at radius 3 is 2.43 bits per heavy atom. The number of halogens is 2. The molecule has 0 saturated carbocycles. The van der Waals surface area contributed by atoms with Gasteiger partial charge in [0.25, 0.3) is 0 Å². The minimum Gasteiger partial charge on any atom is -0.464 e.